The van der Waals surface area contributed by atoms with Crippen LogP contribution in [-0.2, 0) is 20.2 Å². The Morgan fingerprint density at radius 2 is 1.54 bits per heavy atom. The highest BCUT2D eigenvalue weighted by atomic mass is 32.2. The molecule has 3 rings (SSSR count). The van der Waals surface area contributed by atoms with Gasteiger partial charge in [0.1, 0.15) is 12.3 Å². The Kier molecular flexibility index (Phi) is 8.22. The van der Waals surface area contributed by atoms with Gasteiger partial charge in [-0.15, -0.1) is 0 Å². The van der Waals surface area contributed by atoms with E-state index in [1.54, 1.807) is 42.5 Å². The largest absolute Gasteiger partial charge is 0.494 e. The van der Waals surface area contributed by atoms with Gasteiger partial charge < -0.3 is 10.1 Å². The molecular weight excluding hydrogens is 460 g/mol. The normalized spacial score (nSPS) is 12.6. The number of amides is 1. The minimum absolute atomic E-state index is 0.0367. The molecule has 0 fully saturated rings. The van der Waals surface area contributed by atoms with E-state index in [0.29, 0.717) is 18.0 Å². The predicted octanol–water partition coefficient (Wildman–Crippen LogP) is 5.46. The maximum absolute atomic E-state index is 13.5. The number of nitrogens with zero attached hydrogens (tertiary/aromatic N) is 1. The van der Waals surface area contributed by atoms with E-state index in [-0.39, 0.29) is 22.9 Å². The standard InChI is InChI=1S/C28H34N2O4S/c1-6-34-25-18-16-24(17-19-25)30(35(32,33)26-10-8-7-9-11-26)20-27(31)29-21(2)22-12-14-23(15-13-22)28(3,4)5/h7-19,21H,6,20H2,1-5H3,(H,29,31)/t21-/m1/s1. The molecule has 0 heterocycles. The van der Waals surface area contributed by atoms with Gasteiger partial charge in [0, 0.05) is 0 Å². The molecule has 0 unspecified atom stereocenters. The summed E-state index contributed by atoms with van der Waals surface area (Å²) in [5.74, 6) is 0.232. The molecule has 0 aliphatic rings. The average molecular weight is 495 g/mol. The lowest BCUT2D eigenvalue weighted by Gasteiger charge is -2.25. The highest BCUT2D eigenvalue weighted by Crippen LogP contribution is 2.27. The molecule has 3 aromatic rings. The Morgan fingerprint density at radius 1 is 0.943 bits per heavy atom. The van der Waals surface area contributed by atoms with Crippen LogP contribution in [0.5, 0.6) is 5.75 Å². The van der Waals surface area contributed by atoms with E-state index < -0.39 is 15.9 Å². The summed E-state index contributed by atoms with van der Waals surface area (Å²) in [6.45, 7) is 10.4. The van der Waals surface area contributed by atoms with Crippen LogP contribution < -0.4 is 14.4 Å². The van der Waals surface area contributed by atoms with Crippen molar-refractivity contribution >= 4 is 21.6 Å². The highest BCUT2D eigenvalue weighted by Gasteiger charge is 2.27. The quantitative estimate of drug-likeness (QED) is 0.429. The topological polar surface area (TPSA) is 75.7 Å². The van der Waals surface area contributed by atoms with Crippen LogP contribution >= 0.6 is 0 Å². The van der Waals surface area contributed by atoms with Gasteiger partial charge in [0.15, 0.2) is 0 Å². The van der Waals surface area contributed by atoms with Gasteiger partial charge in [-0.1, -0.05) is 63.2 Å². The van der Waals surface area contributed by atoms with Crippen LogP contribution in [0.15, 0.2) is 83.8 Å². The molecule has 6 nitrogen and oxygen atoms in total. The van der Waals surface area contributed by atoms with Crippen molar-refractivity contribution in [2.45, 2.75) is 51.0 Å². The lowest BCUT2D eigenvalue weighted by Crippen LogP contribution is -2.41. The minimum atomic E-state index is -3.97. The molecule has 0 aromatic heterocycles. The van der Waals surface area contributed by atoms with E-state index in [4.69, 9.17) is 4.74 Å². The van der Waals surface area contributed by atoms with Crippen molar-refractivity contribution in [1.29, 1.82) is 0 Å². The number of rotatable bonds is 9. The molecular formula is C28H34N2O4S. The first-order valence-electron chi connectivity index (χ1n) is 11.7. The summed E-state index contributed by atoms with van der Waals surface area (Å²) in [6, 6.07) is 22.6. The van der Waals surface area contributed by atoms with Crippen LogP contribution in [0, 0.1) is 0 Å². The molecule has 7 heteroatoms. The molecule has 3 aromatic carbocycles. The Morgan fingerprint density at radius 3 is 2.09 bits per heavy atom. The third kappa shape index (κ3) is 6.63. The second-order valence-electron chi connectivity index (χ2n) is 9.41. The Bertz CT molecular complexity index is 1220. The molecule has 186 valence electrons. The van der Waals surface area contributed by atoms with E-state index in [2.05, 4.69) is 38.2 Å². The Hall–Kier alpha value is -3.32. The van der Waals surface area contributed by atoms with Crippen molar-refractivity contribution in [2.24, 2.45) is 0 Å². The van der Waals surface area contributed by atoms with E-state index in [1.807, 2.05) is 26.0 Å². The molecule has 1 atom stereocenters. The highest BCUT2D eigenvalue weighted by molar-refractivity contribution is 7.92. The first kappa shape index (κ1) is 26.3. The van der Waals surface area contributed by atoms with Gasteiger partial charge in [-0.25, -0.2) is 8.42 Å². The summed E-state index contributed by atoms with van der Waals surface area (Å²) in [7, 11) is -3.97. The predicted molar refractivity (Wildman–Crippen MR) is 140 cm³/mol. The van der Waals surface area contributed by atoms with Crippen LogP contribution in [0.25, 0.3) is 0 Å². The van der Waals surface area contributed by atoms with E-state index in [1.165, 1.54) is 17.7 Å². The molecule has 0 saturated heterocycles. The maximum atomic E-state index is 13.5. The van der Waals surface area contributed by atoms with Crippen LogP contribution in [0.3, 0.4) is 0 Å². The number of hydrogen-bond acceptors (Lipinski definition) is 4. The fraction of sp³-hybridized carbons (Fsp3) is 0.321. The van der Waals surface area contributed by atoms with Crippen molar-refractivity contribution in [3.05, 3.63) is 90.0 Å². The van der Waals surface area contributed by atoms with Crippen LogP contribution in [0.4, 0.5) is 5.69 Å². The smallest absolute Gasteiger partial charge is 0.264 e. The number of carbonyl (C=O) groups is 1. The molecule has 0 radical (unpaired) electrons. The molecule has 0 spiro atoms. The summed E-state index contributed by atoms with van der Waals surface area (Å²) < 4.78 is 33.6. The summed E-state index contributed by atoms with van der Waals surface area (Å²) in [4.78, 5) is 13.2. The summed E-state index contributed by atoms with van der Waals surface area (Å²) in [5, 5.41) is 2.94. The van der Waals surface area contributed by atoms with E-state index >= 15 is 0 Å². The monoisotopic (exact) mass is 494 g/mol. The van der Waals surface area contributed by atoms with Gasteiger partial charge in [-0.3, -0.25) is 9.10 Å². The van der Waals surface area contributed by atoms with Gasteiger partial charge in [-0.2, -0.15) is 0 Å². The molecule has 0 aliphatic heterocycles. The Balaban J connectivity index is 1.83. The number of ether oxygens (including phenoxy) is 1. The zero-order chi connectivity index (χ0) is 25.6. The molecule has 35 heavy (non-hydrogen) atoms. The number of nitrogens with one attached hydrogen (secondary N) is 1. The third-order valence-corrected chi connectivity index (χ3v) is 7.50. The molecule has 1 N–H and O–H groups in total. The number of carbonyl (C=O) groups excluding carboxylic acids is 1. The zero-order valence-corrected chi connectivity index (χ0v) is 21.8. The maximum Gasteiger partial charge on any atom is 0.264 e. The molecule has 0 bridgehead atoms. The summed E-state index contributed by atoms with van der Waals surface area (Å²) in [6.07, 6.45) is 0. The molecule has 1 amide bonds. The van der Waals surface area contributed by atoms with Crippen LogP contribution in [-0.4, -0.2) is 27.5 Å². The second kappa shape index (κ2) is 11.0. The van der Waals surface area contributed by atoms with Gasteiger partial charge in [0.05, 0.1) is 23.2 Å². The van der Waals surface area contributed by atoms with Crippen molar-refractivity contribution in [1.82, 2.24) is 5.32 Å². The first-order valence-corrected chi connectivity index (χ1v) is 13.2. The van der Waals surface area contributed by atoms with E-state index in [9.17, 15) is 13.2 Å². The summed E-state index contributed by atoms with van der Waals surface area (Å²) in [5.41, 5.74) is 2.57. The summed E-state index contributed by atoms with van der Waals surface area (Å²) >= 11 is 0. The number of hydrogen-bond donors (Lipinski definition) is 1. The van der Waals surface area contributed by atoms with Crippen LogP contribution in [0.1, 0.15) is 51.8 Å². The zero-order valence-electron chi connectivity index (χ0n) is 21.0. The number of anilines is 1. The van der Waals surface area contributed by atoms with Crippen LogP contribution in [0.2, 0.25) is 0 Å². The molecule has 0 saturated carbocycles. The van der Waals surface area contributed by atoms with Crippen molar-refractivity contribution in [3.63, 3.8) is 0 Å². The van der Waals surface area contributed by atoms with Gasteiger partial charge >= 0.3 is 0 Å². The molecule has 0 aliphatic carbocycles. The second-order valence-corrected chi connectivity index (χ2v) is 11.3. The lowest BCUT2D eigenvalue weighted by molar-refractivity contribution is -0.120. The van der Waals surface area contributed by atoms with Gasteiger partial charge in [0.25, 0.3) is 10.0 Å². The van der Waals surface area contributed by atoms with Crippen molar-refractivity contribution in [2.75, 3.05) is 17.5 Å². The van der Waals surface area contributed by atoms with Gasteiger partial charge in [0.2, 0.25) is 5.91 Å². The average Bonchev–Trinajstić information content (AvgIpc) is 2.83. The third-order valence-electron chi connectivity index (χ3n) is 5.71. The number of sulfonamides is 1. The minimum Gasteiger partial charge on any atom is -0.494 e. The van der Waals surface area contributed by atoms with Crippen molar-refractivity contribution in [3.8, 4) is 5.75 Å². The lowest BCUT2D eigenvalue weighted by atomic mass is 9.86. The fourth-order valence-electron chi connectivity index (χ4n) is 3.68. The fourth-order valence-corrected chi connectivity index (χ4v) is 5.12. The number of benzene rings is 3. The van der Waals surface area contributed by atoms with Crippen molar-refractivity contribution < 1.29 is 17.9 Å². The first-order chi connectivity index (χ1) is 16.5. The SMILES string of the molecule is CCOc1ccc(N(CC(=O)N[C@H](C)c2ccc(C(C)(C)C)cc2)S(=O)(=O)c2ccccc2)cc1. The van der Waals surface area contributed by atoms with Gasteiger partial charge in [-0.05, 0) is 66.8 Å². The van der Waals surface area contributed by atoms with E-state index in [0.717, 1.165) is 9.87 Å². The Labute approximate surface area is 209 Å².